The van der Waals surface area contributed by atoms with E-state index in [1.807, 2.05) is 6.07 Å². The van der Waals surface area contributed by atoms with E-state index in [2.05, 4.69) is 25.3 Å². The summed E-state index contributed by atoms with van der Waals surface area (Å²) in [5.41, 5.74) is 2.19. The van der Waals surface area contributed by atoms with E-state index >= 15 is 0 Å². The number of carbonyl (C=O) groups is 1. The van der Waals surface area contributed by atoms with Gasteiger partial charge in [-0.3, -0.25) is 0 Å². The minimum Gasteiger partial charge on any atom is -0.478 e. The fourth-order valence-electron chi connectivity index (χ4n) is 3.24. The maximum absolute atomic E-state index is 11.1. The highest BCUT2D eigenvalue weighted by Crippen LogP contribution is 2.49. The van der Waals surface area contributed by atoms with Gasteiger partial charge in [0.1, 0.15) is 5.82 Å². The number of aromatic nitrogens is 2. The molecule has 2 atom stereocenters. The SMILES string of the molecule is CCCC1CC1n1c(C(C)C)nc2cc(C(=O)O)ccc21. The van der Waals surface area contributed by atoms with Crippen LogP contribution in [0, 0.1) is 5.92 Å². The van der Waals surface area contributed by atoms with Gasteiger partial charge in [0, 0.05) is 12.0 Å². The number of nitrogens with zero attached hydrogens (tertiary/aromatic N) is 2. The summed E-state index contributed by atoms with van der Waals surface area (Å²) in [7, 11) is 0. The summed E-state index contributed by atoms with van der Waals surface area (Å²) in [6, 6.07) is 5.84. The standard InChI is InChI=1S/C17H22N2O2/c1-4-5-11-9-15(11)19-14-7-6-12(17(20)21)8-13(14)18-16(19)10(2)3/h6-8,10-11,15H,4-5,9H2,1-3H3,(H,20,21). The van der Waals surface area contributed by atoms with Gasteiger partial charge in [-0.15, -0.1) is 0 Å². The van der Waals surface area contributed by atoms with Gasteiger partial charge in [-0.25, -0.2) is 9.78 Å². The van der Waals surface area contributed by atoms with Crippen molar-refractivity contribution in [3.8, 4) is 0 Å². The number of benzene rings is 1. The maximum atomic E-state index is 11.1. The largest absolute Gasteiger partial charge is 0.478 e. The predicted octanol–water partition coefficient (Wildman–Crippen LogP) is 4.22. The molecule has 1 fully saturated rings. The summed E-state index contributed by atoms with van der Waals surface area (Å²) in [6.45, 7) is 6.52. The first-order valence-electron chi connectivity index (χ1n) is 7.78. The number of carboxylic acid groups (broad SMARTS) is 1. The van der Waals surface area contributed by atoms with Crippen molar-refractivity contribution in [1.29, 1.82) is 0 Å². The quantitative estimate of drug-likeness (QED) is 0.895. The Hall–Kier alpha value is -1.84. The predicted molar refractivity (Wildman–Crippen MR) is 82.8 cm³/mol. The zero-order chi connectivity index (χ0) is 15.1. The van der Waals surface area contributed by atoms with Crippen molar-refractivity contribution in [3.63, 3.8) is 0 Å². The molecule has 1 aromatic carbocycles. The highest BCUT2D eigenvalue weighted by atomic mass is 16.4. The van der Waals surface area contributed by atoms with Crippen LogP contribution in [-0.2, 0) is 0 Å². The maximum Gasteiger partial charge on any atom is 0.335 e. The van der Waals surface area contributed by atoms with Crippen LogP contribution in [0.5, 0.6) is 0 Å². The van der Waals surface area contributed by atoms with Gasteiger partial charge in [0.05, 0.1) is 16.6 Å². The van der Waals surface area contributed by atoms with Crippen LogP contribution in [-0.4, -0.2) is 20.6 Å². The molecule has 21 heavy (non-hydrogen) atoms. The summed E-state index contributed by atoms with van der Waals surface area (Å²) in [6.07, 6.45) is 3.70. The lowest BCUT2D eigenvalue weighted by atomic mass is 10.2. The number of fused-ring (bicyclic) bond motifs is 1. The summed E-state index contributed by atoms with van der Waals surface area (Å²) >= 11 is 0. The Morgan fingerprint density at radius 3 is 2.86 bits per heavy atom. The molecular weight excluding hydrogens is 264 g/mol. The molecule has 1 N–H and O–H groups in total. The first-order chi connectivity index (χ1) is 10.0. The third-order valence-electron chi connectivity index (χ3n) is 4.36. The molecule has 0 spiro atoms. The minimum atomic E-state index is -0.896. The number of hydrogen-bond acceptors (Lipinski definition) is 2. The van der Waals surface area contributed by atoms with Crippen LogP contribution < -0.4 is 0 Å². The third kappa shape index (κ3) is 2.43. The van der Waals surface area contributed by atoms with E-state index in [9.17, 15) is 4.79 Å². The molecule has 0 saturated heterocycles. The zero-order valence-corrected chi connectivity index (χ0v) is 12.8. The van der Waals surface area contributed by atoms with Crippen LogP contribution >= 0.6 is 0 Å². The Labute approximate surface area is 124 Å². The van der Waals surface area contributed by atoms with Gasteiger partial charge in [0.25, 0.3) is 0 Å². The fourth-order valence-corrected chi connectivity index (χ4v) is 3.24. The van der Waals surface area contributed by atoms with Crippen molar-refractivity contribution in [2.75, 3.05) is 0 Å². The minimum absolute atomic E-state index is 0.309. The molecule has 1 heterocycles. The number of hydrogen-bond donors (Lipinski definition) is 1. The molecule has 4 heteroatoms. The van der Waals surface area contributed by atoms with Crippen LogP contribution in [0.15, 0.2) is 18.2 Å². The number of rotatable bonds is 5. The van der Waals surface area contributed by atoms with Crippen molar-refractivity contribution in [2.24, 2.45) is 5.92 Å². The average Bonchev–Trinajstić information content (AvgIpc) is 3.08. The summed E-state index contributed by atoms with van der Waals surface area (Å²) in [4.78, 5) is 15.8. The van der Waals surface area contributed by atoms with Crippen LogP contribution in [0.1, 0.15) is 68.2 Å². The number of imidazole rings is 1. The highest BCUT2D eigenvalue weighted by molar-refractivity contribution is 5.92. The first-order valence-corrected chi connectivity index (χ1v) is 7.78. The Kier molecular flexibility index (Phi) is 3.47. The van der Waals surface area contributed by atoms with Crippen LogP contribution in [0.3, 0.4) is 0 Å². The molecule has 1 aromatic heterocycles. The lowest BCUT2D eigenvalue weighted by Crippen LogP contribution is -2.05. The molecule has 1 saturated carbocycles. The van der Waals surface area contributed by atoms with E-state index in [4.69, 9.17) is 10.1 Å². The second-order valence-electron chi connectivity index (χ2n) is 6.36. The smallest absolute Gasteiger partial charge is 0.335 e. The van der Waals surface area contributed by atoms with E-state index in [1.165, 1.54) is 19.3 Å². The molecule has 112 valence electrons. The second kappa shape index (κ2) is 5.17. The lowest BCUT2D eigenvalue weighted by Gasteiger charge is -2.11. The van der Waals surface area contributed by atoms with Crippen molar-refractivity contribution in [1.82, 2.24) is 9.55 Å². The van der Waals surface area contributed by atoms with Crippen molar-refractivity contribution >= 4 is 17.0 Å². The fraction of sp³-hybridized carbons (Fsp3) is 0.529. The lowest BCUT2D eigenvalue weighted by molar-refractivity contribution is 0.0697. The van der Waals surface area contributed by atoms with E-state index in [-0.39, 0.29) is 0 Å². The Balaban J connectivity index is 2.08. The van der Waals surface area contributed by atoms with E-state index in [0.29, 0.717) is 17.5 Å². The van der Waals surface area contributed by atoms with Gasteiger partial charge < -0.3 is 9.67 Å². The van der Waals surface area contributed by atoms with Crippen LogP contribution in [0.4, 0.5) is 0 Å². The molecule has 3 rings (SSSR count). The second-order valence-corrected chi connectivity index (χ2v) is 6.36. The molecule has 0 aliphatic heterocycles. The first kappa shape index (κ1) is 14.1. The van der Waals surface area contributed by atoms with Gasteiger partial charge in [0.15, 0.2) is 0 Å². The van der Waals surface area contributed by atoms with E-state index in [0.717, 1.165) is 22.8 Å². The third-order valence-corrected chi connectivity index (χ3v) is 4.36. The van der Waals surface area contributed by atoms with E-state index in [1.54, 1.807) is 12.1 Å². The molecule has 4 nitrogen and oxygen atoms in total. The van der Waals surface area contributed by atoms with E-state index < -0.39 is 5.97 Å². The van der Waals surface area contributed by atoms with Crippen molar-refractivity contribution < 1.29 is 9.90 Å². The van der Waals surface area contributed by atoms with Gasteiger partial charge in [-0.05, 0) is 37.0 Å². The summed E-state index contributed by atoms with van der Waals surface area (Å²) in [5.74, 6) is 1.28. The normalized spacial score (nSPS) is 21.1. The molecule has 0 radical (unpaired) electrons. The van der Waals surface area contributed by atoms with Gasteiger partial charge >= 0.3 is 5.97 Å². The zero-order valence-electron chi connectivity index (χ0n) is 12.8. The van der Waals surface area contributed by atoms with Gasteiger partial charge in [0.2, 0.25) is 0 Å². The summed E-state index contributed by atoms with van der Waals surface area (Å²) < 4.78 is 2.35. The van der Waals surface area contributed by atoms with Crippen LogP contribution in [0.2, 0.25) is 0 Å². The number of carboxylic acids is 1. The van der Waals surface area contributed by atoms with Crippen molar-refractivity contribution in [2.45, 2.75) is 52.0 Å². The number of aromatic carboxylic acids is 1. The van der Waals surface area contributed by atoms with Crippen molar-refractivity contribution in [3.05, 3.63) is 29.6 Å². The van der Waals surface area contributed by atoms with Crippen LogP contribution in [0.25, 0.3) is 11.0 Å². The Bertz CT molecular complexity index is 687. The topological polar surface area (TPSA) is 55.1 Å². The Morgan fingerprint density at radius 1 is 1.48 bits per heavy atom. The molecule has 1 aliphatic rings. The van der Waals surface area contributed by atoms with Gasteiger partial charge in [-0.1, -0.05) is 27.2 Å². The monoisotopic (exact) mass is 286 g/mol. The molecule has 0 bridgehead atoms. The molecule has 1 aliphatic carbocycles. The molecule has 0 amide bonds. The van der Waals surface area contributed by atoms with Gasteiger partial charge in [-0.2, -0.15) is 0 Å². The highest BCUT2D eigenvalue weighted by Gasteiger charge is 2.40. The molecular formula is C17H22N2O2. The average molecular weight is 286 g/mol. The summed E-state index contributed by atoms with van der Waals surface area (Å²) in [5, 5.41) is 9.13. The molecule has 2 unspecified atom stereocenters. The Morgan fingerprint density at radius 2 is 2.24 bits per heavy atom. The molecule has 2 aromatic rings.